The van der Waals surface area contributed by atoms with Crippen LogP contribution in [0.1, 0.15) is 31.9 Å². The number of ether oxygens (including phenoxy) is 3. The average molecular weight is 514 g/mol. The van der Waals surface area contributed by atoms with Crippen molar-refractivity contribution in [1.29, 1.82) is 0 Å². The number of amides is 3. The van der Waals surface area contributed by atoms with E-state index in [1.54, 1.807) is 13.8 Å². The first-order valence-electron chi connectivity index (χ1n) is 11.9. The molecule has 2 aromatic carbocycles. The zero-order valence-electron chi connectivity index (χ0n) is 21.6. The van der Waals surface area contributed by atoms with Crippen molar-refractivity contribution in [3.05, 3.63) is 71.8 Å². The Hall–Kier alpha value is -3.76. The van der Waals surface area contributed by atoms with E-state index in [0.29, 0.717) is 0 Å². The van der Waals surface area contributed by atoms with Gasteiger partial charge in [-0.1, -0.05) is 60.7 Å². The molecule has 0 fully saturated rings. The maximum atomic E-state index is 12.8. The minimum atomic E-state index is -1.09. The highest BCUT2D eigenvalue weighted by Crippen LogP contribution is 2.09. The van der Waals surface area contributed by atoms with Crippen molar-refractivity contribution >= 4 is 23.7 Å². The van der Waals surface area contributed by atoms with Crippen molar-refractivity contribution in [3.8, 4) is 0 Å². The van der Waals surface area contributed by atoms with Gasteiger partial charge in [0.25, 0.3) is 0 Å². The number of carbonyl (C=O) groups excluding carboxylic acids is 4. The zero-order chi connectivity index (χ0) is 27.2. The summed E-state index contributed by atoms with van der Waals surface area (Å²) in [5.74, 6) is -2.33. The SMILES string of the molecule is COC(=O)[C@@H](NC(=O)CNC(=O)[C@@H](NC(C)=O)[C@@H](C)OCc1ccccc1)[C@@H](C)OCc1ccccc1. The largest absolute Gasteiger partial charge is 0.467 e. The predicted octanol–water partition coefficient (Wildman–Crippen LogP) is 1.48. The number of methoxy groups -OCH3 is 1. The van der Waals surface area contributed by atoms with Crippen LogP contribution >= 0.6 is 0 Å². The van der Waals surface area contributed by atoms with Crippen LogP contribution in [0, 0.1) is 0 Å². The van der Waals surface area contributed by atoms with E-state index < -0.39 is 54.5 Å². The van der Waals surface area contributed by atoms with Crippen LogP contribution in [0.2, 0.25) is 0 Å². The number of carbonyl (C=O) groups is 4. The molecule has 0 heterocycles. The summed E-state index contributed by atoms with van der Waals surface area (Å²) in [4.78, 5) is 49.3. The quantitative estimate of drug-likeness (QED) is 0.326. The summed E-state index contributed by atoms with van der Waals surface area (Å²) in [5, 5.41) is 7.59. The number of hydrogen-bond acceptors (Lipinski definition) is 7. The molecule has 0 unspecified atom stereocenters. The van der Waals surface area contributed by atoms with Crippen molar-refractivity contribution in [3.63, 3.8) is 0 Å². The Morgan fingerprint density at radius 3 is 1.70 bits per heavy atom. The van der Waals surface area contributed by atoms with E-state index in [0.717, 1.165) is 11.1 Å². The molecule has 10 nitrogen and oxygen atoms in total. The predicted molar refractivity (Wildman–Crippen MR) is 136 cm³/mol. The van der Waals surface area contributed by atoms with E-state index in [-0.39, 0.29) is 13.2 Å². The molecular formula is C27H35N3O7. The first-order chi connectivity index (χ1) is 17.7. The molecule has 0 spiro atoms. The topological polar surface area (TPSA) is 132 Å². The summed E-state index contributed by atoms with van der Waals surface area (Å²) in [5.41, 5.74) is 1.82. The van der Waals surface area contributed by atoms with E-state index >= 15 is 0 Å². The molecule has 0 bridgehead atoms. The van der Waals surface area contributed by atoms with Crippen LogP contribution < -0.4 is 16.0 Å². The van der Waals surface area contributed by atoms with Gasteiger partial charge in [-0.15, -0.1) is 0 Å². The van der Waals surface area contributed by atoms with E-state index in [4.69, 9.17) is 14.2 Å². The van der Waals surface area contributed by atoms with Gasteiger partial charge in [-0.2, -0.15) is 0 Å². The van der Waals surface area contributed by atoms with E-state index in [9.17, 15) is 19.2 Å². The summed E-state index contributed by atoms with van der Waals surface area (Å²) in [6.45, 7) is 4.63. The Labute approximate surface area is 217 Å². The standard InChI is InChI=1S/C27H35N3O7/c1-18(36-16-21-11-7-5-8-12-21)24(29-20(3)31)26(33)28-15-23(32)30-25(27(34)35-4)19(2)37-17-22-13-9-6-10-14-22/h5-14,18-19,24-25H,15-17H2,1-4H3,(H,28,33)(H,29,31)(H,30,32)/t18-,19-,24+,25+/m1/s1. The summed E-state index contributed by atoms with van der Waals surface area (Å²) in [6.07, 6.45) is -1.38. The van der Waals surface area contributed by atoms with Crippen LogP contribution in [0.5, 0.6) is 0 Å². The summed E-state index contributed by atoms with van der Waals surface area (Å²) >= 11 is 0. The Balaban J connectivity index is 1.92. The van der Waals surface area contributed by atoms with Gasteiger partial charge in [0.2, 0.25) is 17.7 Å². The maximum absolute atomic E-state index is 12.8. The lowest BCUT2D eigenvalue weighted by Crippen LogP contribution is -2.55. The fourth-order valence-corrected chi connectivity index (χ4v) is 3.41. The fourth-order valence-electron chi connectivity index (χ4n) is 3.41. The van der Waals surface area contributed by atoms with E-state index in [1.165, 1.54) is 14.0 Å². The van der Waals surface area contributed by atoms with Crippen LogP contribution in [0.4, 0.5) is 0 Å². The van der Waals surface area contributed by atoms with E-state index in [1.807, 2.05) is 60.7 Å². The highest BCUT2D eigenvalue weighted by molar-refractivity contribution is 5.91. The molecule has 4 atom stereocenters. The molecule has 0 saturated heterocycles. The Bertz CT molecular complexity index is 1020. The van der Waals surface area contributed by atoms with Gasteiger partial charge in [-0.25, -0.2) is 4.79 Å². The molecule has 0 aliphatic carbocycles. The number of hydrogen-bond donors (Lipinski definition) is 3. The van der Waals surface area contributed by atoms with Gasteiger partial charge in [-0.05, 0) is 25.0 Å². The van der Waals surface area contributed by atoms with Crippen molar-refractivity contribution in [2.24, 2.45) is 0 Å². The Morgan fingerprint density at radius 1 is 0.757 bits per heavy atom. The lowest BCUT2D eigenvalue weighted by atomic mass is 10.1. The first-order valence-corrected chi connectivity index (χ1v) is 11.9. The molecule has 2 aromatic rings. The van der Waals surface area contributed by atoms with Crippen molar-refractivity contribution < 1.29 is 33.4 Å². The molecule has 0 radical (unpaired) electrons. The number of nitrogens with one attached hydrogen (secondary N) is 3. The second-order valence-corrected chi connectivity index (χ2v) is 8.47. The van der Waals surface area contributed by atoms with Gasteiger partial charge in [0, 0.05) is 6.92 Å². The molecule has 37 heavy (non-hydrogen) atoms. The highest BCUT2D eigenvalue weighted by atomic mass is 16.5. The number of rotatable bonds is 14. The molecule has 10 heteroatoms. The molecule has 0 aromatic heterocycles. The summed E-state index contributed by atoms with van der Waals surface area (Å²) in [7, 11) is 1.21. The van der Waals surface area contributed by atoms with Crippen LogP contribution in [-0.2, 0) is 46.6 Å². The molecular weight excluding hydrogens is 478 g/mol. The van der Waals surface area contributed by atoms with Crippen LogP contribution in [0.3, 0.4) is 0 Å². The van der Waals surface area contributed by atoms with Crippen molar-refractivity contribution in [2.45, 2.75) is 58.3 Å². The van der Waals surface area contributed by atoms with Crippen LogP contribution in [0.25, 0.3) is 0 Å². The van der Waals surface area contributed by atoms with Crippen molar-refractivity contribution in [1.82, 2.24) is 16.0 Å². The molecule has 0 aliphatic heterocycles. The first kappa shape index (κ1) is 29.5. The molecule has 0 aliphatic rings. The van der Waals surface area contributed by atoms with Gasteiger partial charge in [0.1, 0.15) is 6.04 Å². The summed E-state index contributed by atoms with van der Waals surface area (Å²) < 4.78 is 16.3. The van der Waals surface area contributed by atoms with Gasteiger partial charge in [0.05, 0.1) is 39.1 Å². The molecule has 0 saturated carbocycles. The fraction of sp³-hybridized carbons (Fsp3) is 0.407. The molecule has 200 valence electrons. The summed E-state index contributed by atoms with van der Waals surface area (Å²) in [6, 6.07) is 16.6. The zero-order valence-corrected chi connectivity index (χ0v) is 21.6. The minimum absolute atomic E-state index is 0.237. The second-order valence-electron chi connectivity index (χ2n) is 8.47. The third-order valence-electron chi connectivity index (χ3n) is 5.49. The van der Waals surface area contributed by atoms with Crippen LogP contribution in [0.15, 0.2) is 60.7 Å². The number of benzene rings is 2. The maximum Gasteiger partial charge on any atom is 0.331 e. The minimum Gasteiger partial charge on any atom is -0.467 e. The van der Waals surface area contributed by atoms with E-state index in [2.05, 4.69) is 16.0 Å². The monoisotopic (exact) mass is 513 g/mol. The second kappa shape index (κ2) is 15.4. The van der Waals surface area contributed by atoms with Gasteiger partial charge < -0.3 is 30.2 Å². The van der Waals surface area contributed by atoms with Crippen LogP contribution in [-0.4, -0.2) is 61.6 Å². The van der Waals surface area contributed by atoms with Gasteiger partial charge >= 0.3 is 5.97 Å². The average Bonchev–Trinajstić information content (AvgIpc) is 2.91. The Morgan fingerprint density at radius 2 is 1.24 bits per heavy atom. The van der Waals surface area contributed by atoms with Gasteiger partial charge in [0.15, 0.2) is 6.04 Å². The smallest absolute Gasteiger partial charge is 0.331 e. The molecule has 2 rings (SSSR count). The lowest BCUT2D eigenvalue weighted by molar-refractivity contribution is -0.149. The highest BCUT2D eigenvalue weighted by Gasteiger charge is 2.30. The molecule has 3 N–H and O–H groups in total. The Kier molecular flexibility index (Phi) is 12.2. The van der Waals surface area contributed by atoms with Crippen molar-refractivity contribution in [2.75, 3.05) is 13.7 Å². The normalized spacial score (nSPS) is 13.9. The lowest BCUT2D eigenvalue weighted by Gasteiger charge is -2.25. The van der Waals surface area contributed by atoms with Gasteiger partial charge in [-0.3, -0.25) is 14.4 Å². The molecule has 3 amide bonds. The third kappa shape index (κ3) is 10.4. The third-order valence-corrected chi connectivity index (χ3v) is 5.49. The number of esters is 1.